The van der Waals surface area contributed by atoms with Crippen molar-refractivity contribution in [3.05, 3.63) is 0 Å². The molecule has 56 valence electrons. The standard InChI is InChI=1S/C5H12NO2.BrH/c1-6(2,3)5(8)4-7;/h7H,4H2,1-3H3;1H/q+1;/p-1. The number of carbonyl (C=O) groups excluding carboxylic acids is 1. The van der Waals surface area contributed by atoms with Gasteiger partial charge in [-0.25, -0.2) is 4.79 Å². The molecular weight excluding hydrogens is 186 g/mol. The second kappa shape index (κ2) is 3.98. The zero-order chi connectivity index (χ0) is 6.78. The van der Waals surface area contributed by atoms with Crippen LogP contribution >= 0.6 is 0 Å². The Morgan fingerprint density at radius 1 is 1.44 bits per heavy atom. The highest BCUT2D eigenvalue weighted by Crippen LogP contribution is 1.88. The third-order valence-electron chi connectivity index (χ3n) is 0.883. The minimum Gasteiger partial charge on any atom is -1.00 e. The zero-order valence-electron chi connectivity index (χ0n) is 5.89. The molecule has 0 fully saturated rings. The van der Waals surface area contributed by atoms with Gasteiger partial charge in [0.05, 0.1) is 21.1 Å². The number of carbonyl (C=O) groups is 1. The maximum Gasteiger partial charge on any atom is 0.338 e. The van der Waals surface area contributed by atoms with Crippen molar-refractivity contribution in [2.75, 3.05) is 27.7 Å². The SMILES string of the molecule is C[N+](C)(C)C(=O)CO.[Br-]. The number of aliphatic hydroxyl groups is 1. The van der Waals surface area contributed by atoms with Gasteiger partial charge in [-0.3, -0.25) is 4.48 Å². The van der Waals surface area contributed by atoms with Crippen LogP contribution in [0.4, 0.5) is 0 Å². The number of aliphatic hydroxyl groups excluding tert-OH is 1. The number of hydrogen-bond donors (Lipinski definition) is 1. The Morgan fingerprint density at radius 3 is 1.78 bits per heavy atom. The van der Waals surface area contributed by atoms with Crippen LogP contribution in [0.2, 0.25) is 0 Å². The number of halogens is 1. The summed E-state index contributed by atoms with van der Waals surface area (Å²) >= 11 is 0. The molecule has 0 spiro atoms. The summed E-state index contributed by atoms with van der Waals surface area (Å²) in [6.07, 6.45) is 0. The van der Waals surface area contributed by atoms with Gasteiger partial charge in [-0.2, -0.15) is 0 Å². The summed E-state index contributed by atoms with van der Waals surface area (Å²) in [5, 5.41) is 8.31. The summed E-state index contributed by atoms with van der Waals surface area (Å²) in [6.45, 7) is -0.372. The summed E-state index contributed by atoms with van der Waals surface area (Å²) in [6, 6.07) is 0. The Morgan fingerprint density at radius 2 is 1.78 bits per heavy atom. The molecule has 0 aliphatic carbocycles. The van der Waals surface area contributed by atoms with E-state index in [2.05, 4.69) is 0 Å². The van der Waals surface area contributed by atoms with Crippen LogP contribution in [-0.2, 0) is 4.79 Å². The predicted octanol–water partition coefficient (Wildman–Crippen LogP) is -3.78. The molecule has 1 amide bonds. The number of nitrogens with zero attached hydrogens (tertiary/aromatic N) is 1. The highest BCUT2D eigenvalue weighted by Gasteiger charge is 2.17. The Labute approximate surface area is 65.6 Å². The van der Waals surface area contributed by atoms with Gasteiger partial charge < -0.3 is 22.1 Å². The molecule has 0 aromatic rings. The van der Waals surface area contributed by atoms with Crippen LogP contribution in [0, 0.1) is 0 Å². The van der Waals surface area contributed by atoms with Crippen LogP contribution < -0.4 is 17.0 Å². The third-order valence-corrected chi connectivity index (χ3v) is 0.883. The molecule has 3 nitrogen and oxygen atoms in total. The molecule has 0 saturated heterocycles. The molecule has 4 heteroatoms. The van der Waals surface area contributed by atoms with Crippen molar-refractivity contribution in [2.24, 2.45) is 0 Å². The second-order valence-electron chi connectivity index (χ2n) is 2.56. The average molecular weight is 198 g/mol. The first kappa shape index (κ1) is 11.8. The van der Waals surface area contributed by atoms with E-state index in [9.17, 15) is 4.79 Å². The Hall–Kier alpha value is 0.0700. The molecule has 0 saturated carbocycles. The fourth-order valence-corrected chi connectivity index (χ4v) is 0.212. The van der Waals surface area contributed by atoms with E-state index in [0.29, 0.717) is 0 Å². The molecule has 0 aromatic heterocycles. The van der Waals surface area contributed by atoms with E-state index in [0.717, 1.165) is 0 Å². The first-order valence-electron chi connectivity index (χ1n) is 2.44. The number of amides is 1. The number of rotatable bonds is 1. The van der Waals surface area contributed by atoms with Crippen LogP contribution in [0.1, 0.15) is 0 Å². The summed E-state index contributed by atoms with van der Waals surface area (Å²) in [5.74, 6) is -0.176. The maximum atomic E-state index is 10.6. The lowest BCUT2D eigenvalue weighted by Gasteiger charge is -2.18. The van der Waals surface area contributed by atoms with Crippen molar-refractivity contribution in [1.82, 2.24) is 0 Å². The molecule has 0 atom stereocenters. The van der Waals surface area contributed by atoms with Gasteiger partial charge in [-0.1, -0.05) is 0 Å². The van der Waals surface area contributed by atoms with E-state index >= 15 is 0 Å². The van der Waals surface area contributed by atoms with Crippen LogP contribution in [0.15, 0.2) is 0 Å². The normalized spacial score (nSPS) is 10.2. The van der Waals surface area contributed by atoms with Crippen LogP contribution in [0.3, 0.4) is 0 Å². The van der Waals surface area contributed by atoms with E-state index in [1.807, 2.05) is 0 Å². The van der Waals surface area contributed by atoms with E-state index in [-0.39, 0.29) is 34.0 Å². The van der Waals surface area contributed by atoms with E-state index in [1.54, 1.807) is 21.1 Å². The van der Waals surface area contributed by atoms with Crippen molar-refractivity contribution in [2.45, 2.75) is 0 Å². The molecule has 0 bridgehead atoms. The lowest BCUT2D eigenvalue weighted by molar-refractivity contribution is -0.792. The fraction of sp³-hybridized carbons (Fsp3) is 0.800. The van der Waals surface area contributed by atoms with Gasteiger partial charge in [0.2, 0.25) is 0 Å². The first-order valence-corrected chi connectivity index (χ1v) is 2.44. The summed E-state index contributed by atoms with van der Waals surface area (Å²) < 4.78 is 0.191. The lowest BCUT2D eigenvalue weighted by atomic mass is 10.5. The Bertz CT molecular complexity index is 97.6. The highest BCUT2D eigenvalue weighted by atomic mass is 79.9. The summed E-state index contributed by atoms with van der Waals surface area (Å²) in [5.41, 5.74) is 0. The van der Waals surface area contributed by atoms with E-state index < -0.39 is 0 Å². The second-order valence-corrected chi connectivity index (χ2v) is 2.56. The minimum absolute atomic E-state index is 0. The summed E-state index contributed by atoms with van der Waals surface area (Å²) in [4.78, 5) is 10.6. The van der Waals surface area contributed by atoms with Crippen molar-refractivity contribution >= 4 is 5.91 Å². The van der Waals surface area contributed by atoms with Gasteiger partial charge in [0.25, 0.3) is 0 Å². The van der Waals surface area contributed by atoms with Crippen molar-refractivity contribution in [3.8, 4) is 0 Å². The molecule has 0 aliphatic rings. The van der Waals surface area contributed by atoms with Crippen molar-refractivity contribution in [3.63, 3.8) is 0 Å². The van der Waals surface area contributed by atoms with Gasteiger partial charge in [0, 0.05) is 0 Å². The molecule has 0 aromatic carbocycles. The summed E-state index contributed by atoms with van der Waals surface area (Å²) in [7, 11) is 5.16. The first-order chi connectivity index (χ1) is 3.48. The maximum absolute atomic E-state index is 10.6. The van der Waals surface area contributed by atoms with Gasteiger partial charge in [0.1, 0.15) is 0 Å². The minimum atomic E-state index is -0.372. The molecule has 1 N–H and O–H groups in total. The molecule has 0 unspecified atom stereocenters. The quantitative estimate of drug-likeness (QED) is 0.439. The molecule has 0 rings (SSSR count). The molecule has 0 heterocycles. The lowest BCUT2D eigenvalue weighted by Crippen LogP contribution is -3.00. The topological polar surface area (TPSA) is 37.3 Å². The molecule has 9 heavy (non-hydrogen) atoms. The van der Waals surface area contributed by atoms with E-state index in [1.165, 1.54) is 0 Å². The number of hydrogen-bond acceptors (Lipinski definition) is 2. The molecule has 0 aliphatic heterocycles. The molecule has 0 radical (unpaired) electrons. The van der Waals surface area contributed by atoms with Gasteiger partial charge in [-0.05, 0) is 0 Å². The third kappa shape index (κ3) is 4.57. The van der Waals surface area contributed by atoms with Crippen LogP contribution in [0.25, 0.3) is 0 Å². The number of quaternary nitrogens is 1. The van der Waals surface area contributed by atoms with Crippen molar-refractivity contribution < 1.29 is 31.4 Å². The van der Waals surface area contributed by atoms with Crippen LogP contribution in [-0.4, -0.2) is 43.2 Å². The Balaban J connectivity index is 0. The zero-order valence-corrected chi connectivity index (χ0v) is 7.47. The molecular formula is C5H12BrNO2. The van der Waals surface area contributed by atoms with Crippen molar-refractivity contribution in [1.29, 1.82) is 0 Å². The van der Waals surface area contributed by atoms with Gasteiger partial charge in [-0.15, -0.1) is 0 Å². The Kier molecular flexibility index (Phi) is 5.22. The predicted molar refractivity (Wildman–Crippen MR) is 30.1 cm³/mol. The van der Waals surface area contributed by atoms with Gasteiger partial charge >= 0.3 is 5.91 Å². The van der Waals surface area contributed by atoms with Crippen LogP contribution in [0.5, 0.6) is 0 Å². The average Bonchev–Trinajstić information content (AvgIpc) is 1.62. The largest absolute Gasteiger partial charge is 1.00 e. The highest BCUT2D eigenvalue weighted by molar-refractivity contribution is 5.69. The van der Waals surface area contributed by atoms with Gasteiger partial charge in [0.15, 0.2) is 6.61 Å². The van der Waals surface area contributed by atoms with E-state index in [4.69, 9.17) is 5.11 Å². The monoisotopic (exact) mass is 197 g/mol. The number of likely N-dealkylation sites (N-methyl/N-ethyl adjacent to an activating group) is 1. The fourth-order valence-electron chi connectivity index (χ4n) is 0.212. The smallest absolute Gasteiger partial charge is 0.338 e.